The van der Waals surface area contributed by atoms with Gasteiger partial charge in [-0.1, -0.05) is 11.6 Å². The zero-order valence-electron chi connectivity index (χ0n) is 5.76. The Morgan fingerprint density at radius 1 is 1.70 bits per heavy atom. The van der Waals surface area contributed by atoms with Gasteiger partial charge in [-0.15, -0.1) is 0 Å². The molecule has 10 heavy (non-hydrogen) atoms. The molecule has 0 amide bonds. The number of halogens is 1. The summed E-state index contributed by atoms with van der Waals surface area (Å²) in [6.45, 7) is 1.79. The van der Waals surface area contributed by atoms with Gasteiger partial charge in [-0.3, -0.25) is 4.79 Å². The van der Waals surface area contributed by atoms with Crippen molar-refractivity contribution in [2.45, 2.75) is 6.92 Å². The number of carbonyl (C=O) groups is 1. The van der Waals surface area contributed by atoms with E-state index in [1.54, 1.807) is 18.5 Å². The van der Waals surface area contributed by atoms with Gasteiger partial charge in [-0.2, -0.15) is 0 Å². The van der Waals surface area contributed by atoms with Crippen molar-refractivity contribution < 1.29 is 4.79 Å². The summed E-state index contributed by atoms with van der Waals surface area (Å²) in [5, 5.41) is 0.396. The molecule has 0 spiro atoms. The predicted molar refractivity (Wildman–Crippen MR) is 38.3 cm³/mol. The highest BCUT2D eigenvalue weighted by molar-refractivity contribution is 6.31. The third-order valence-electron chi connectivity index (χ3n) is 1.39. The summed E-state index contributed by atoms with van der Waals surface area (Å²) in [5.41, 5.74) is 0.307. The number of imidazole rings is 1. The molecule has 0 bridgehead atoms. The lowest BCUT2D eigenvalue weighted by molar-refractivity contribution is 0.111. The molecule has 1 rings (SSSR count). The summed E-state index contributed by atoms with van der Waals surface area (Å²) in [5.74, 6) is 0.743. The fraction of sp³-hybridized carbons (Fsp3) is 0.333. The number of aromatic nitrogens is 2. The molecular formula is C6H7ClN2O. The maximum atomic E-state index is 10.2. The Hall–Kier alpha value is -0.830. The number of hydrogen-bond donors (Lipinski definition) is 0. The maximum Gasteiger partial charge on any atom is 0.171 e. The van der Waals surface area contributed by atoms with Crippen LogP contribution in [0.25, 0.3) is 0 Å². The average molecular weight is 159 g/mol. The van der Waals surface area contributed by atoms with Crippen LogP contribution in [0.2, 0.25) is 5.15 Å². The SMILES string of the molecule is Cc1nc(C=O)c(Cl)n1C. The van der Waals surface area contributed by atoms with Crippen molar-refractivity contribution in [2.75, 3.05) is 0 Å². The normalized spacial score (nSPS) is 9.90. The van der Waals surface area contributed by atoms with Crippen LogP contribution in [0, 0.1) is 6.92 Å². The number of rotatable bonds is 1. The van der Waals surface area contributed by atoms with Gasteiger partial charge in [0.2, 0.25) is 0 Å². The molecule has 0 saturated carbocycles. The second kappa shape index (κ2) is 2.42. The van der Waals surface area contributed by atoms with Crippen LogP contribution in [0.5, 0.6) is 0 Å². The van der Waals surface area contributed by atoms with E-state index in [4.69, 9.17) is 11.6 Å². The van der Waals surface area contributed by atoms with Crippen LogP contribution in [-0.2, 0) is 7.05 Å². The summed E-state index contributed by atoms with van der Waals surface area (Å²) in [6, 6.07) is 0. The van der Waals surface area contributed by atoms with E-state index in [0.29, 0.717) is 17.1 Å². The Kier molecular flexibility index (Phi) is 1.76. The van der Waals surface area contributed by atoms with Crippen LogP contribution in [0.3, 0.4) is 0 Å². The lowest BCUT2D eigenvalue weighted by Crippen LogP contribution is -1.89. The van der Waals surface area contributed by atoms with Crippen LogP contribution in [0.4, 0.5) is 0 Å². The van der Waals surface area contributed by atoms with E-state index >= 15 is 0 Å². The van der Waals surface area contributed by atoms with Gasteiger partial charge in [-0.05, 0) is 6.92 Å². The first-order valence-corrected chi connectivity index (χ1v) is 3.18. The molecule has 0 saturated heterocycles. The van der Waals surface area contributed by atoms with Crippen molar-refractivity contribution in [3.8, 4) is 0 Å². The molecule has 0 atom stereocenters. The maximum absolute atomic E-state index is 10.2. The predicted octanol–water partition coefficient (Wildman–Crippen LogP) is 1.19. The van der Waals surface area contributed by atoms with E-state index in [2.05, 4.69) is 4.98 Å². The van der Waals surface area contributed by atoms with E-state index < -0.39 is 0 Å². The fourth-order valence-corrected chi connectivity index (χ4v) is 0.893. The number of aryl methyl sites for hydroxylation is 1. The molecule has 0 radical (unpaired) electrons. The van der Waals surface area contributed by atoms with Crippen molar-refractivity contribution in [1.82, 2.24) is 9.55 Å². The third kappa shape index (κ3) is 0.926. The van der Waals surface area contributed by atoms with Crippen LogP contribution < -0.4 is 0 Å². The molecule has 0 aliphatic carbocycles. The largest absolute Gasteiger partial charge is 0.322 e. The van der Waals surface area contributed by atoms with Crippen molar-refractivity contribution in [2.24, 2.45) is 7.05 Å². The zero-order valence-corrected chi connectivity index (χ0v) is 6.51. The van der Waals surface area contributed by atoms with Gasteiger partial charge in [0.15, 0.2) is 6.29 Å². The van der Waals surface area contributed by atoms with E-state index in [1.165, 1.54) is 0 Å². The number of hydrogen-bond acceptors (Lipinski definition) is 2. The van der Waals surface area contributed by atoms with Gasteiger partial charge in [0.25, 0.3) is 0 Å². The molecule has 1 aromatic rings. The van der Waals surface area contributed by atoms with Gasteiger partial charge in [0.1, 0.15) is 16.7 Å². The highest BCUT2D eigenvalue weighted by Crippen LogP contribution is 2.13. The molecule has 0 aliphatic rings. The highest BCUT2D eigenvalue weighted by Gasteiger charge is 2.07. The summed E-state index contributed by atoms with van der Waals surface area (Å²) in [7, 11) is 1.76. The first kappa shape index (κ1) is 7.28. The minimum Gasteiger partial charge on any atom is -0.322 e. The molecule has 0 N–H and O–H groups in total. The van der Waals surface area contributed by atoms with E-state index in [-0.39, 0.29) is 0 Å². The van der Waals surface area contributed by atoms with Crippen LogP contribution in [0.15, 0.2) is 0 Å². The Morgan fingerprint density at radius 3 is 2.50 bits per heavy atom. The topological polar surface area (TPSA) is 34.9 Å². The second-order valence-corrected chi connectivity index (χ2v) is 2.37. The van der Waals surface area contributed by atoms with Gasteiger partial charge in [0, 0.05) is 7.05 Å². The van der Waals surface area contributed by atoms with Crippen LogP contribution in [0.1, 0.15) is 16.3 Å². The van der Waals surface area contributed by atoms with E-state index in [0.717, 1.165) is 5.82 Å². The summed E-state index contributed by atoms with van der Waals surface area (Å²) < 4.78 is 1.66. The van der Waals surface area contributed by atoms with Crippen molar-refractivity contribution in [3.05, 3.63) is 16.7 Å². The Bertz CT molecular complexity index is 267. The molecule has 0 fully saturated rings. The van der Waals surface area contributed by atoms with Crippen molar-refractivity contribution >= 4 is 17.9 Å². The smallest absolute Gasteiger partial charge is 0.171 e. The first-order chi connectivity index (χ1) is 4.66. The second-order valence-electron chi connectivity index (χ2n) is 2.01. The van der Waals surface area contributed by atoms with Crippen LogP contribution in [-0.4, -0.2) is 15.8 Å². The molecule has 0 unspecified atom stereocenters. The Morgan fingerprint density at radius 2 is 2.30 bits per heavy atom. The molecule has 4 heteroatoms. The third-order valence-corrected chi connectivity index (χ3v) is 1.83. The molecule has 0 aromatic carbocycles. The first-order valence-electron chi connectivity index (χ1n) is 2.81. The quantitative estimate of drug-likeness (QED) is 0.576. The summed E-state index contributed by atoms with van der Waals surface area (Å²) in [4.78, 5) is 14.1. The number of aldehydes is 1. The summed E-state index contributed by atoms with van der Waals surface area (Å²) in [6.07, 6.45) is 0.648. The molecule has 3 nitrogen and oxygen atoms in total. The minimum atomic E-state index is 0.307. The highest BCUT2D eigenvalue weighted by atomic mass is 35.5. The van der Waals surface area contributed by atoms with Crippen molar-refractivity contribution in [3.63, 3.8) is 0 Å². The van der Waals surface area contributed by atoms with Gasteiger partial charge in [0.05, 0.1) is 0 Å². The monoisotopic (exact) mass is 158 g/mol. The standard InChI is InChI=1S/C6H7ClN2O/c1-4-8-5(3-10)6(7)9(4)2/h3H,1-2H3. The van der Waals surface area contributed by atoms with E-state index in [9.17, 15) is 4.79 Å². The molecule has 0 aliphatic heterocycles. The summed E-state index contributed by atoms with van der Waals surface area (Å²) >= 11 is 5.68. The lowest BCUT2D eigenvalue weighted by atomic mass is 10.5. The number of nitrogens with zero attached hydrogens (tertiary/aromatic N) is 2. The minimum absolute atomic E-state index is 0.307. The van der Waals surface area contributed by atoms with Crippen molar-refractivity contribution in [1.29, 1.82) is 0 Å². The van der Waals surface area contributed by atoms with Crippen LogP contribution >= 0.6 is 11.6 Å². The zero-order chi connectivity index (χ0) is 7.72. The van der Waals surface area contributed by atoms with E-state index in [1.807, 2.05) is 0 Å². The molecule has 1 aromatic heterocycles. The van der Waals surface area contributed by atoms with Gasteiger partial charge < -0.3 is 4.57 Å². The van der Waals surface area contributed by atoms with Gasteiger partial charge >= 0.3 is 0 Å². The molecular weight excluding hydrogens is 152 g/mol. The Balaban J connectivity index is 3.30. The van der Waals surface area contributed by atoms with Gasteiger partial charge in [-0.25, -0.2) is 4.98 Å². The number of carbonyl (C=O) groups excluding carboxylic acids is 1. The lowest BCUT2D eigenvalue weighted by Gasteiger charge is -1.92. The Labute approximate surface area is 63.6 Å². The fourth-order valence-electron chi connectivity index (χ4n) is 0.684. The average Bonchev–Trinajstić information content (AvgIpc) is 2.17. The molecule has 54 valence electrons. The molecule has 1 heterocycles.